The Hall–Kier alpha value is -2.60. The normalized spacial score (nSPS) is 15.6. The van der Waals surface area contributed by atoms with E-state index in [0.717, 1.165) is 41.1 Å². The van der Waals surface area contributed by atoms with E-state index in [1.165, 1.54) is 27.7 Å². The lowest BCUT2D eigenvalue weighted by Gasteiger charge is -2.32. The Bertz CT molecular complexity index is 1550. The predicted molar refractivity (Wildman–Crippen MR) is 149 cm³/mol. The molecule has 4 aromatic rings. The van der Waals surface area contributed by atoms with Gasteiger partial charge in [-0.05, 0) is 98.5 Å². The highest BCUT2D eigenvalue weighted by Gasteiger charge is 2.33. The topological polar surface area (TPSA) is 42.3 Å². The number of fused-ring (bicyclic) bond motifs is 1. The number of rotatable bonds is 5. The molecule has 1 fully saturated rings. The number of sulfonamides is 1. The number of hydrogen-bond acceptors (Lipinski definition) is 2. The fourth-order valence-corrected chi connectivity index (χ4v) is 7.70. The summed E-state index contributed by atoms with van der Waals surface area (Å²) in [6, 6.07) is 20.4. The lowest BCUT2D eigenvalue weighted by Crippen LogP contribution is -2.38. The van der Waals surface area contributed by atoms with Gasteiger partial charge in [-0.1, -0.05) is 48.0 Å². The summed E-state index contributed by atoms with van der Waals surface area (Å²) in [5.74, 6) is 0.322. The standard InChI is InChI=1S/C30H33ClN2O2S/c1-20-16-22(3)29(17-21(20)2)36(34,35)32-14-12-25(13-15-32)30-23(4)33(28-11-6-5-10-27(28)30)19-24-8-7-9-26(31)18-24/h5-11,16-18,25H,12-15,19H2,1-4H3. The molecule has 4 nitrogen and oxygen atoms in total. The molecule has 0 unspecified atom stereocenters. The molecule has 36 heavy (non-hydrogen) atoms. The van der Waals surface area contributed by atoms with Crippen molar-refractivity contribution in [3.05, 3.63) is 99.2 Å². The van der Waals surface area contributed by atoms with Gasteiger partial charge >= 0.3 is 0 Å². The van der Waals surface area contributed by atoms with Crippen LogP contribution in [0.2, 0.25) is 5.02 Å². The number of nitrogens with zero attached hydrogens (tertiary/aromatic N) is 2. The third-order valence-corrected chi connectivity index (χ3v) is 10.1. The van der Waals surface area contributed by atoms with E-state index in [9.17, 15) is 8.42 Å². The van der Waals surface area contributed by atoms with Crippen molar-refractivity contribution >= 4 is 32.5 Å². The molecule has 3 aromatic carbocycles. The number of benzene rings is 3. The van der Waals surface area contributed by atoms with Crippen molar-refractivity contribution < 1.29 is 8.42 Å². The summed E-state index contributed by atoms with van der Waals surface area (Å²) < 4.78 is 31.1. The van der Waals surface area contributed by atoms with E-state index in [0.29, 0.717) is 23.9 Å². The Morgan fingerprint density at radius 2 is 1.56 bits per heavy atom. The fraction of sp³-hybridized carbons (Fsp3) is 0.333. The molecule has 2 heterocycles. The molecule has 0 atom stereocenters. The molecule has 188 valence electrons. The van der Waals surface area contributed by atoms with E-state index in [-0.39, 0.29) is 0 Å². The molecular weight excluding hydrogens is 488 g/mol. The Balaban J connectivity index is 1.43. The molecule has 0 spiro atoms. The first-order valence-electron chi connectivity index (χ1n) is 12.6. The van der Waals surface area contributed by atoms with Crippen LogP contribution in [0, 0.1) is 27.7 Å². The summed E-state index contributed by atoms with van der Waals surface area (Å²) in [6.07, 6.45) is 1.63. The van der Waals surface area contributed by atoms with E-state index in [4.69, 9.17) is 11.6 Å². The summed E-state index contributed by atoms with van der Waals surface area (Å²) in [5, 5.41) is 2.01. The van der Waals surface area contributed by atoms with Gasteiger partial charge in [-0.3, -0.25) is 0 Å². The highest BCUT2D eigenvalue weighted by molar-refractivity contribution is 7.89. The minimum absolute atomic E-state index is 0.322. The highest BCUT2D eigenvalue weighted by Crippen LogP contribution is 2.39. The molecule has 1 aromatic heterocycles. The van der Waals surface area contributed by atoms with Gasteiger partial charge in [0.2, 0.25) is 10.0 Å². The number of para-hydroxylation sites is 1. The van der Waals surface area contributed by atoms with Gasteiger partial charge in [-0.15, -0.1) is 0 Å². The summed E-state index contributed by atoms with van der Waals surface area (Å²) in [7, 11) is -3.51. The lowest BCUT2D eigenvalue weighted by atomic mass is 9.88. The Morgan fingerprint density at radius 1 is 0.861 bits per heavy atom. The molecule has 0 aliphatic carbocycles. The van der Waals surface area contributed by atoms with Crippen LogP contribution < -0.4 is 0 Å². The lowest BCUT2D eigenvalue weighted by molar-refractivity contribution is 0.319. The first-order valence-corrected chi connectivity index (χ1v) is 14.4. The molecular formula is C30H33ClN2O2S. The largest absolute Gasteiger partial charge is 0.340 e. The van der Waals surface area contributed by atoms with Crippen LogP contribution in [0.3, 0.4) is 0 Å². The number of aromatic nitrogens is 1. The number of piperidine rings is 1. The Kier molecular flexibility index (Phi) is 6.75. The zero-order valence-corrected chi connectivity index (χ0v) is 23.0. The quantitative estimate of drug-likeness (QED) is 0.280. The zero-order chi connectivity index (χ0) is 25.6. The van der Waals surface area contributed by atoms with Crippen molar-refractivity contribution in [2.45, 2.75) is 57.9 Å². The van der Waals surface area contributed by atoms with Crippen LogP contribution >= 0.6 is 11.6 Å². The van der Waals surface area contributed by atoms with Crippen molar-refractivity contribution in [1.82, 2.24) is 8.87 Å². The second-order valence-electron chi connectivity index (χ2n) is 10.1. The van der Waals surface area contributed by atoms with Crippen LogP contribution in [-0.2, 0) is 16.6 Å². The second-order valence-corrected chi connectivity index (χ2v) is 12.5. The monoisotopic (exact) mass is 520 g/mol. The molecule has 6 heteroatoms. The molecule has 0 bridgehead atoms. The molecule has 0 N–H and O–H groups in total. The van der Waals surface area contributed by atoms with Gasteiger partial charge in [0.1, 0.15) is 0 Å². The second kappa shape index (κ2) is 9.70. The minimum atomic E-state index is -3.51. The van der Waals surface area contributed by atoms with Crippen LogP contribution in [0.15, 0.2) is 65.6 Å². The SMILES string of the molecule is Cc1cc(C)c(S(=O)(=O)N2CCC(c3c(C)n(Cc4cccc(Cl)c4)c4ccccc34)CC2)cc1C. The highest BCUT2D eigenvalue weighted by atomic mass is 35.5. The number of hydrogen-bond donors (Lipinski definition) is 0. The average Bonchev–Trinajstić information content (AvgIpc) is 3.12. The van der Waals surface area contributed by atoms with Gasteiger partial charge in [-0.25, -0.2) is 8.42 Å². The fourth-order valence-electron chi connectivity index (χ4n) is 5.73. The summed E-state index contributed by atoms with van der Waals surface area (Å²) in [5.41, 5.74) is 7.94. The summed E-state index contributed by atoms with van der Waals surface area (Å²) in [4.78, 5) is 0.443. The van der Waals surface area contributed by atoms with Gasteiger partial charge in [0.05, 0.1) is 4.90 Å². The third kappa shape index (κ3) is 4.49. The van der Waals surface area contributed by atoms with Crippen molar-refractivity contribution in [3.63, 3.8) is 0 Å². The van der Waals surface area contributed by atoms with E-state index < -0.39 is 10.0 Å². The minimum Gasteiger partial charge on any atom is -0.340 e. The van der Waals surface area contributed by atoms with E-state index in [1.807, 2.05) is 51.1 Å². The third-order valence-electron chi connectivity index (χ3n) is 7.78. The van der Waals surface area contributed by atoms with Gasteiger partial charge in [0, 0.05) is 41.3 Å². The van der Waals surface area contributed by atoms with Crippen molar-refractivity contribution in [3.8, 4) is 0 Å². The van der Waals surface area contributed by atoms with E-state index in [2.05, 4.69) is 41.8 Å². The Morgan fingerprint density at radius 3 is 2.28 bits per heavy atom. The van der Waals surface area contributed by atoms with Crippen LogP contribution in [0.1, 0.15) is 52.3 Å². The van der Waals surface area contributed by atoms with Gasteiger partial charge < -0.3 is 4.57 Å². The maximum atomic E-state index is 13.5. The van der Waals surface area contributed by atoms with Crippen molar-refractivity contribution in [2.24, 2.45) is 0 Å². The van der Waals surface area contributed by atoms with Crippen molar-refractivity contribution in [2.75, 3.05) is 13.1 Å². The summed E-state index contributed by atoms with van der Waals surface area (Å²) >= 11 is 6.25. The smallest absolute Gasteiger partial charge is 0.243 e. The van der Waals surface area contributed by atoms with Crippen LogP contribution in [0.5, 0.6) is 0 Å². The van der Waals surface area contributed by atoms with Gasteiger partial charge in [0.25, 0.3) is 0 Å². The summed E-state index contributed by atoms with van der Waals surface area (Å²) in [6.45, 7) is 9.91. The van der Waals surface area contributed by atoms with Crippen LogP contribution in [-0.4, -0.2) is 30.4 Å². The average molecular weight is 521 g/mol. The molecule has 1 aliphatic rings. The first-order chi connectivity index (χ1) is 17.2. The molecule has 0 saturated carbocycles. The first kappa shape index (κ1) is 25.1. The van der Waals surface area contributed by atoms with Crippen molar-refractivity contribution in [1.29, 1.82) is 0 Å². The van der Waals surface area contributed by atoms with Gasteiger partial charge in [0.15, 0.2) is 0 Å². The Labute approximate surface area is 219 Å². The molecule has 0 radical (unpaired) electrons. The molecule has 0 amide bonds. The maximum absolute atomic E-state index is 13.5. The van der Waals surface area contributed by atoms with Gasteiger partial charge in [-0.2, -0.15) is 4.31 Å². The number of aryl methyl sites for hydroxylation is 3. The molecule has 1 aliphatic heterocycles. The van der Waals surface area contributed by atoms with Crippen LogP contribution in [0.4, 0.5) is 0 Å². The van der Waals surface area contributed by atoms with E-state index >= 15 is 0 Å². The van der Waals surface area contributed by atoms with Crippen LogP contribution in [0.25, 0.3) is 10.9 Å². The number of halogens is 1. The van der Waals surface area contributed by atoms with E-state index in [1.54, 1.807) is 4.31 Å². The maximum Gasteiger partial charge on any atom is 0.243 e. The zero-order valence-electron chi connectivity index (χ0n) is 21.4. The predicted octanol–water partition coefficient (Wildman–Crippen LogP) is 7.14. The molecule has 5 rings (SSSR count). The molecule has 1 saturated heterocycles.